The fourth-order valence-corrected chi connectivity index (χ4v) is 1.84. The third kappa shape index (κ3) is 1.68. The van der Waals surface area contributed by atoms with Crippen molar-refractivity contribution in [2.45, 2.75) is 19.3 Å². The van der Waals surface area contributed by atoms with Gasteiger partial charge in [-0.25, -0.2) is 0 Å². The minimum Gasteiger partial charge on any atom is -0.467 e. The number of hydrogen-bond donors (Lipinski definition) is 0. The van der Waals surface area contributed by atoms with Gasteiger partial charge in [0.2, 0.25) is 0 Å². The third-order valence-electron chi connectivity index (χ3n) is 2.44. The van der Waals surface area contributed by atoms with E-state index in [0.717, 1.165) is 12.2 Å². The van der Waals surface area contributed by atoms with E-state index in [9.17, 15) is 0 Å². The molecular weight excluding hydrogens is 164 g/mol. The number of fused-ring (bicyclic) bond motifs is 1. The summed E-state index contributed by atoms with van der Waals surface area (Å²) in [5.74, 6) is 0.997. The van der Waals surface area contributed by atoms with Gasteiger partial charge >= 0.3 is 0 Å². The SMILES string of the molecule is COCOc1cccc2c1CCC2. The van der Waals surface area contributed by atoms with Crippen LogP contribution >= 0.6 is 0 Å². The first-order valence-corrected chi connectivity index (χ1v) is 4.64. The van der Waals surface area contributed by atoms with Crippen molar-refractivity contribution in [2.75, 3.05) is 13.9 Å². The Morgan fingerprint density at radius 3 is 3.08 bits per heavy atom. The second-order valence-corrected chi connectivity index (χ2v) is 3.30. The number of ether oxygens (including phenoxy) is 2. The summed E-state index contributed by atoms with van der Waals surface area (Å²) in [7, 11) is 1.64. The van der Waals surface area contributed by atoms with E-state index in [-0.39, 0.29) is 0 Å². The highest BCUT2D eigenvalue weighted by molar-refractivity contribution is 5.42. The van der Waals surface area contributed by atoms with Crippen LogP contribution in [0.15, 0.2) is 18.2 Å². The van der Waals surface area contributed by atoms with Gasteiger partial charge in [-0.2, -0.15) is 0 Å². The van der Waals surface area contributed by atoms with Gasteiger partial charge < -0.3 is 9.47 Å². The quantitative estimate of drug-likeness (QED) is 0.660. The molecule has 0 heterocycles. The Morgan fingerprint density at radius 2 is 2.23 bits per heavy atom. The van der Waals surface area contributed by atoms with Crippen LogP contribution in [0.1, 0.15) is 17.5 Å². The molecule has 1 aliphatic carbocycles. The highest BCUT2D eigenvalue weighted by Gasteiger charge is 2.14. The first kappa shape index (κ1) is 8.57. The molecule has 0 aromatic heterocycles. The van der Waals surface area contributed by atoms with Crippen LogP contribution in [0, 0.1) is 0 Å². The molecule has 13 heavy (non-hydrogen) atoms. The molecule has 0 atom stereocenters. The van der Waals surface area contributed by atoms with Gasteiger partial charge in [0.1, 0.15) is 5.75 Å². The summed E-state index contributed by atoms with van der Waals surface area (Å²) in [6, 6.07) is 6.25. The molecule has 0 bridgehead atoms. The predicted octanol–water partition coefficient (Wildman–Crippen LogP) is 2.16. The minimum absolute atomic E-state index is 0.344. The van der Waals surface area contributed by atoms with Gasteiger partial charge in [0.05, 0.1) is 0 Å². The van der Waals surface area contributed by atoms with Crippen LogP contribution in [0.4, 0.5) is 0 Å². The molecule has 0 N–H and O–H groups in total. The summed E-state index contributed by atoms with van der Waals surface area (Å²) < 4.78 is 10.4. The summed E-state index contributed by atoms with van der Waals surface area (Å²) in [4.78, 5) is 0. The molecule has 0 saturated carbocycles. The van der Waals surface area contributed by atoms with Crippen LogP contribution in [0.3, 0.4) is 0 Å². The maximum absolute atomic E-state index is 5.48. The van der Waals surface area contributed by atoms with Crippen molar-refractivity contribution >= 4 is 0 Å². The molecule has 0 saturated heterocycles. The molecule has 0 spiro atoms. The Balaban J connectivity index is 2.20. The van der Waals surface area contributed by atoms with E-state index in [1.807, 2.05) is 6.07 Å². The van der Waals surface area contributed by atoms with Crippen molar-refractivity contribution in [3.05, 3.63) is 29.3 Å². The maximum Gasteiger partial charge on any atom is 0.188 e. The van der Waals surface area contributed by atoms with E-state index in [0.29, 0.717) is 6.79 Å². The number of methoxy groups -OCH3 is 1. The van der Waals surface area contributed by atoms with E-state index >= 15 is 0 Å². The summed E-state index contributed by atoms with van der Waals surface area (Å²) in [5, 5.41) is 0. The van der Waals surface area contributed by atoms with Crippen molar-refractivity contribution < 1.29 is 9.47 Å². The zero-order valence-corrected chi connectivity index (χ0v) is 7.88. The first-order chi connectivity index (χ1) is 6.42. The fourth-order valence-electron chi connectivity index (χ4n) is 1.84. The lowest BCUT2D eigenvalue weighted by Crippen LogP contribution is -2.01. The lowest BCUT2D eigenvalue weighted by molar-refractivity contribution is 0.0505. The fraction of sp³-hybridized carbons (Fsp3) is 0.455. The molecule has 70 valence electrons. The van der Waals surface area contributed by atoms with Gasteiger partial charge in [0.25, 0.3) is 0 Å². The average molecular weight is 178 g/mol. The van der Waals surface area contributed by atoms with Crippen LogP contribution in [-0.2, 0) is 17.6 Å². The molecule has 0 amide bonds. The monoisotopic (exact) mass is 178 g/mol. The zero-order valence-electron chi connectivity index (χ0n) is 7.88. The minimum atomic E-state index is 0.344. The lowest BCUT2D eigenvalue weighted by Gasteiger charge is -2.09. The van der Waals surface area contributed by atoms with Crippen LogP contribution in [0.5, 0.6) is 5.75 Å². The molecule has 0 aliphatic heterocycles. The van der Waals surface area contributed by atoms with Gasteiger partial charge in [-0.3, -0.25) is 0 Å². The highest BCUT2D eigenvalue weighted by atomic mass is 16.7. The van der Waals surface area contributed by atoms with Gasteiger partial charge in [0, 0.05) is 7.11 Å². The molecule has 0 radical (unpaired) electrons. The van der Waals surface area contributed by atoms with E-state index in [4.69, 9.17) is 9.47 Å². The van der Waals surface area contributed by atoms with Gasteiger partial charge in [0.15, 0.2) is 6.79 Å². The molecule has 1 aromatic rings. The van der Waals surface area contributed by atoms with E-state index < -0.39 is 0 Å². The van der Waals surface area contributed by atoms with Gasteiger partial charge in [-0.05, 0) is 36.5 Å². The summed E-state index contributed by atoms with van der Waals surface area (Å²) >= 11 is 0. The Hall–Kier alpha value is -1.02. The Bertz CT molecular complexity index is 294. The topological polar surface area (TPSA) is 18.5 Å². The van der Waals surface area contributed by atoms with E-state index in [2.05, 4.69) is 12.1 Å². The second kappa shape index (κ2) is 3.79. The number of hydrogen-bond acceptors (Lipinski definition) is 2. The molecule has 1 aromatic carbocycles. The van der Waals surface area contributed by atoms with Crippen LogP contribution < -0.4 is 4.74 Å². The van der Waals surface area contributed by atoms with E-state index in [1.54, 1.807) is 7.11 Å². The summed E-state index contributed by atoms with van der Waals surface area (Å²) in [6.45, 7) is 0.344. The largest absolute Gasteiger partial charge is 0.467 e. The smallest absolute Gasteiger partial charge is 0.188 e. The average Bonchev–Trinajstić information content (AvgIpc) is 2.62. The molecule has 0 unspecified atom stereocenters. The normalized spacial score (nSPS) is 14.2. The highest BCUT2D eigenvalue weighted by Crippen LogP contribution is 2.30. The van der Waals surface area contributed by atoms with Crippen molar-refractivity contribution in [1.29, 1.82) is 0 Å². The molecule has 2 nitrogen and oxygen atoms in total. The molecule has 2 rings (SSSR count). The molecule has 1 aliphatic rings. The van der Waals surface area contributed by atoms with Crippen molar-refractivity contribution in [3.8, 4) is 5.75 Å². The molecule has 2 heteroatoms. The third-order valence-corrected chi connectivity index (χ3v) is 2.44. The molecular formula is C11H14O2. The summed E-state index contributed by atoms with van der Waals surface area (Å²) in [5.41, 5.74) is 2.81. The van der Waals surface area contributed by atoms with E-state index in [1.165, 1.54) is 24.0 Å². The van der Waals surface area contributed by atoms with Crippen molar-refractivity contribution in [1.82, 2.24) is 0 Å². The Labute approximate surface area is 78.5 Å². The lowest BCUT2D eigenvalue weighted by atomic mass is 10.1. The van der Waals surface area contributed by atoms with Crippen molar-refractivity contribution in [3.63, 3.8) is 0 Å². The number of benzene rings is 1. The zero-order chi connectivity index (χ0) is 9.10. The number of rotatable bonds is 3. The standard InChI is InChI=1S/C11H14O2/c1-12-8-13-11-7-3-5-9-4-2-6-10(9)11/h3,5,7H,2,4,6,8H2,1H3. The van der Waals surface area contributed by atoms with Crippen LogP contribution in [0.25, 0.3) is 0 Å². The second-order valence-electron chi connectivity index (χ2n) is 3.30. The van der Waals surface area contributed by atoms with Gasteiger partial charge in [-0.15, -0.1) is 0 Å². The maximum atomic E-state index is 5.48. The van der Waals surface area contributed by atoms with Gasteiger partial charge in [-0.1, -0.05) is 12.1 Å². The number of aryl methyl sites for hydroxylation is 1. The van der Waals surface area contributed by atoms with Crippen LogP contribution in [0.2, 0.25) is 0 Å². The molecule has 0 fully saturated rings. The van der Waals surface area contributed by atoms with Crippen LogP contribution in [-0.4, -0.2) is 13.9 Å². The first-order valence-electron chi connectivity index (χ1n) is 4.64. The summed E-state index contributed by atoms with van der Waals surface area (Å²) in [6.07, 6.45) is 3.59. The van der Waals surface area contributed by atoms with Crippen molar-refractivity contribution in [2.24, 2.45) is 0 Å². The predicted molar refractivity (Wildman–Crippen MR) is 51.0 cm³/mol. The Kier molecular flexibility index (Phi) is 2.50. The Morgan fingerprint density at radius 1 is 1.31 bits per heavy atom.